The second-order valence-corrected chi connectivity index (χ2v) is 6.45. The molecule has 108 valence electrons. The molecule has 5 heteroatoms. The summed E-state index contributed by atoms with van der Waals surface area (Å²) < 4.78 is 9.10. The molecule has 1 saturated heterocycles. The molecule has 20 heavy (non-hydrogen) atoms. The summed E-state index contributed by atoms with van der Waals surface area (Å²) in [6, 6.07) is 6.21. The van der Waals surface area contributed by atoms with Crippen molar-refractivity contribution < 1.29 is 4.74 Å². The standard InChI is InChI=1S/C15H18BrClN2O/c1-2-14-10(5-6-20-14)9-19-13-4-3-11(16)7-12(13)18-15(19)8-17/h3-4,7,10,14H,2,5-6,8-9H2,1H3. The molecule has 0 spiro atoms. The van der Waals surface area contributed by atoms with E-state index in [1.165, 1.54) is 0 Å². The van der Waals surface area contributed by atoms with E-state index in [0.29, 0.717) is 17.9 Å². The number of nitrogens with zero attached hydrogens (tertiary/aromatic N) is 2. The van der Waals surface area contributed by atoms with Gasteiger partial charge in [-0.1, -0.05) is 22.9 Å². The van der Waals surface area contributed by atoms with Crippen molar-refractivity contribution in [3.63, 3.8) is 0 Å². The largest absolute Gasteiger partial charge is 0.378 e. The van der Waals surface area contributed by atoms with Crippen molar-refractivity contribution in [1.82, 2.24) is 9.55 Å². The van der Waals surface area contributed by atoms with Gasteiger partial charge in [-0.3, -0.25) is 0 Å². The van der Waals surface area contributed by atoms with E-state index in [1.54, 1.807) is 0 Å². The molecule has 2 aromatic rings. The number of hydrogen-bond acceptors (Lipinski definition) is 2. The summed E-state index contributed by atoms with van der Waals surface area (Å²) in [7, 11) is 0. The van der Waals surface area contributed by atoms with E-state index in [0.717, 1.165) is 47.3 Å². The van der Waals surface area contributed by atoms with Crippen molar-refractivity contribution >= 4 is 38.6 Å². The first-order chi connectivity index (χ1) is 9.72. The van der Waals surface area contributed by atoms with Crippen LogP contribution in [0, 0.1) is 5.92 Å². The smallest absolute Gasteiger partial charge is 0.124 e. The van der Waals surface area contributed by atoms with Crippen molar-refractivity contribution in [2.24, 2.45) is 5.92 Å². The zero-order chi connectivity index (χ0) is 14.1. The van der Waals surface area contributed by atoms with E-state index in [4.69, 9.17) is 16.3 Å². The summed E-state index contributed by atoms with van der Waals surface area (Å²) in [5.41, 5.74) is 2.16. The van der Waals surface area contributed by atoms with E-state index in [9.17, 15) is 0 Å². The lowest BCUT2D eigenvalue weighted by Crippen LogP contribution is -2.21. The van der Waals surface area contributed by atoms with Crippen LogP contribution < -0.4 is 0 Å². The fourth-order valence-electron chi connectivity index (χ4n) is 3.05. The molecule has 3 nitrogen and oxygen atoms in total. The number of ether oxygens (including phenoxy) is 1. The van der Waals surface area contributed by atoms with Gasteiger partial charge in [-0.15, -0.1) is 11.6 Å². The molecular formula is C15H18BrClN2O. The number of aromatic nitrogens is 2. The molecule has 2 heterocycles. The molecule has 0 N–H and O–H groups in total. The number of rotatable bonds is 4. The van der Waals surface area contributed by atoms with Crippen molar-refractivity contribution in [2.45, 2.75) is 38.3 Å². The Kier molecular flexibility index (Phi) is 4.34. The van der Waals surface area contributed by atoms with Crippen molar-refractivity contribution in [3.05, 3.63) is 28.5 Å². The predicted octanol–water partition coefficient (Wildman–Crippen LogP) is 4.35. The van der Waals surface area contributed by atoms with Gasteiger partial charge in [-0.25, -0.2) is 4.98 Å². The average Bonchev–Trinajstić information content (AvgIpc) is 3.03. The van der Waals surface area contributed by atoms with Crippen LogP contribution >= 0.6 is 27.5 Å². The normalized spacial score (nSPS) is 22.8. The van der Waals surface area contributed by atoms with Crippen molar-refractivity contribution in [2.75, 3.05) is 6.61 Å². The highest BCUT2D eigenvalue weighted by molar-refractivity contribution is 9.10. The van der Waals surface area contributed by atoms with Crippen LogP contribution in [0.5, 0.6) is 0 Å². The summed E-state index contributed by atoms with van der Waals surface area (Å²) in [5, 5.41) is 0. The Morgan fingerprint density at radius 3 is 3.10 bits per heavy atom. The van der Waals surface area contributed by atoms with Crippen molar-refractivity contribution in [3.8, 4) is 0 Å². The van der Waals surface area contributed by atoms with Gasteiger partial charge >= 0.3 is 0 Å². The van der Waals surface area contributed by atoms with E-state index < -0.39 is 0 Å². The van der Waals surface area contributed by atoms with Gasteiger partial charge in [0.2, 0.25) is 0 Å². The fourth-order valence-corrected chi connectivity index (χ4v) is 3.60. The predicted molar refractivity (Wildman–Crippen MR) is 85.1 cm³/mol. The lowest BCUT2D eigenvalue weighted by Gasteiger charge is -2.19. The quantitative estimate of drug-likeness (QED) is 0.761. The maximum absolute atomic E-state index is 6.07. The Hall–Kier alpha value is -0.580. The Labute approximate surface area is 132 Å². The number of fused-ring (bicyclic) bond motifs is 1. The zero-order valence-electron chi connectivity index (χ0n) is 11.5. The first-order valence-electron chi connectivity index (χ1n) is 7.05. The molecule has 0 amide bonds. The highest BCUT2D eigenvalue weighted by atomic mass is 79.9. The molecule has 0 saturated carbocycles. The van der Waals surface area contributed by atoms with Crippen LogP contribution in [-0.2, 0) is 17.2 Å². The van der Waals surface area contributed by atoms with Gasteiger partial charge in [-0.05, 0) is 31.0 Å². The van der Waals surface area contributed by atoms with Gasteiger partial charge in [-0.2, -0.15) is 0 Å². The minimum atomic E-state index is 0.367. The Balaban J connectivity index is 1.97. The van der Waals surface area contributed by atoms with Gasteiger partial charge in [0.05, 0.1) is 23.0 Å². The third-order valence-corrected chi connectivity index (χ3v) is 4.81. The molecule has 0 aliphatic carbocycles. The van der Waals surface area contributed by atoms with Crippen LogP contribution in [0.2, 0.25) is 0 Å². The molecule has 1 aliphatic heterocycles. The lowest BCUT2D eigenvalue weighted by atomic mass is 9.99. The summed E-state index contributed by atoms with van der Waals surface area (Å²) in [6.45, 7) is 4.00. The molecule has 2 unspecified atom stereocenters. The minimum Gasteiger partial charge on any atom is -0.378 e. The van der Waals surface area contributed by atoms with Crippen LogP contribution in [0.4, 0.5) is 0 Å². The van der Waals surface area contributed by atoms with Crippen LogP contribution in [0.1, 0.15) is 25.6 Å². The second kappa shape index (κ2) is 6.04. The average molecular weight is 358 g/mol. The number of halogens is 2. The first kappa shape index (κ1) is 14.4. The van der Waals surface area contributed by atoms with Gasteiger partial charge in [0, 0.05) is 23.5 Å². The van der Waals surface area contributed by atoms with Gasteiger partial charge < -0.3 is 9.30 Å². The van der Waals surface area contributed by atoms with E-state index >= 15 is 0 Å². The van der Waals surface area contributed by atoms with Crippen LogP contribution in [-0.4, -0.2) is 22.3 Å². The molecule has 0 bridgehead atoms. The van der Waals surface area contributed by atoms with Gasteiger partial charge in [0.1, 0.15) is 5.82 Å². The van der Waals surface area contributed by atoms with E-state index in [-0.39, 0.29) is 0 Å². The third-order valence-electron chi connectivity index (χ3n) is 4.07. The zero-order valence-corrected chi connectivity index (χ0v) is 13.8. The molecule has 3 rings (SSSR count). The highest BCUT2D eigenvalue weighted by Crippen LogP contribution is 2.28. The minimum absolute atomic E-state index is 0.367. The molecule has 0 radical (unpaired) electrons. The lowest BCUT2D eigenvalue weighted by molar-refractivity contribution is 0.0836. The van der Waals surface area contributed by atoms with Crippen molar-refractivity contribution in [1.29, 1.82) is 0 Å². The summed E-state index contributed by atoms with van der Waals surface area (Å²) >= 11 is 9.57. The van der Waals surface area contributed by atoms with E-state index in [2.05, 4.69) is 44.5 Å². The molecule has 1 fully saturated rings. The summed E-state index contributed by atoms with van der Waals surface area (Å²) in [5.74, 6) is 1.95. The highest BCUT2D eigenvalue weighted by Gasteiger charge is 2.28. The molecule has 1 aliphatic rings. The number of imidazole rings is 1. The van der Waals surface area contributed by atoms with Crippen LogP contribution in [0.25, 0.3) is 11.0 Å². The maximum atomic E-state index is 6.07. The van der Waals surface area contributed by atoms with E-state index in [1.807, 2.05) is 6.07 Å². The van der Waals surface area contributed by atoms with Crippen LogP contribution in [0.3, 0.4) is 0 Å². The molecule has 1 aromatic heterocycles. The topological polar surface area (TPSA) is 27.1 Å². The van der Waals surface area contributed by atoms with Gasteiger partial charge in [0.15, 0.2) is 0 Å². The number of hydrogen-bond donors (Lipinski definition) is 0. The van der Waals surface area contributed by atoms with Gasteiger partial charge in [0.25, 0.3) is 0 Å². The molecule has 1 aromatic carbocycles. The first-order valence-corrected chi connectivity index (χ1v) is 8.38. The number of alkyl halides is 1. The fraction of sp³-hybridized carbons (Fsp3) is 0.533. The monoisotopic (exact) mass is 356 g/mol. The SMILES string of the molecule is CCC1OCCC1Cn1c(CCl)nc2cc(Br)ccc21. The third kappa shape index (κ3) is 2.61. The Morgan fingerprint density at radius 2 is 2.35 bits per heavy atom. The van der Waals surface area contributed by atoms with Crippen LogP contribution in [0.15, 0.2) is 22.7 Å². The summed E-state index contributed by atoms with van der Waals surface area (Å²) in [6.07, 6.45) is 2.56. The Morgan fingerprint density at radius 1 is 1.50 bits per heavy atom. The number of benzene rings is 1. The second-order valence-electron chi connectivity index (χ2n) is 5.27. The summed E-state index contributed by atoms with van der Waals surface area (Å²) in [4.78, 5) is 4.65. The Bertz CT molecular complexity index is 613. The molecule has 2 atom stereocenters. The molecular weight excluding hydrogens is 340 g/mol. The maximum Gasteiger partial charge on any atom is 0.124 e.